The maximum atomic E-state index is 13.5. The zero-order valence-electron chi connectivity index (χ0n) is 22.6. The van der Waals surface area contributed by atoms with E-state index in [-0.39, 0.29) is 27.7 Å². The molecule has 1 fully saturated rings. The van der Waals surface area contributed by atoms with Gasteiger partial charge < -0.3 is 24.0 Å². The second-order valence-corrected chi connectivity index (χ2v) is 11.8. The fourth-order valence-electron chi connectivity index (χ4n) is 5.17. The van der Waals surface area contributed by atoms with Crippen molar-refractivity contribution in [3.05, 3.63) is 53.6 Å². The summed E-state index contributed by atoms with van der Waals surface area (Å²) in [5.41, 5.74) is 0.493. The average molecular weight is 560 g/mol. The molecular weight excluding hydrogens is 522 g/mol. The molecule has 2 aromatic rings. The number of hydrogen-bond donors (Lipinski definition) is 1. The molecule has 1 spiro atoms. The number of hydrogen-bond acceptors (Lipinski definition) is 7. The van der Waals surface area contributed by atoms with Gasteiger partial charge in [0.05, 0.1) is 36.3 Å². The highest BCUT2D eigenvalue weighted by Crippen LogP contribution is 2.39. The molecule has 1 saturated heterocycles. The van der Waals surface area contributed by atoms with Crippen LogP contribution in [0.3, 0.4) is 0 Å². The van der Waals surface area contributed by atoms with E-state index in [0.29, 0.717) is 69.4 Å². The fourth-order valence-corrected chi connectivity index (χ4v) is 5.71. The Labute approximate surface area is 230 Å². The lowest BCUT2D eigenvalue weighted by Gasteiger charge is -2.42. The summed E-state index contributed by atoms with van der Waals surface area (Å²) in [6.45, 7) is 2.99. The van der Waals surface area contributed by atoms with Crippen LogP contribution in [-0.2, 0) is 14.8 Å². The van der Waals surface area contributed by atoms with E-state index in [9.17, 15) is 18.0 Å². The van der Waals surface area contributed by atoms with Crippen molar-refractivity contribution >= 4 is 21.8 Å². The van der Waals surface area contributed by atoms with E-state index in [1.54, 1.807) is 22.9 Å². The number of benzene rings is 2. The zero-order valence-corrected chi connectivity index (χ0v) is 23.4. The maximum absolute atomic E-state index is 13.5. The number of amides is 2. The summed E-state index contributed by atoms with van der Waals surface area (Å²) in [7, 11) is -0.778. The minimum atomic E-state index is -3.97. The summed E-state index contributed by atoms with van der Waals surface area (Å²) in [6.07, 6.45) is 4.16. The van der Waals surface area contributed by atoms with Gasteiger partial charge in [-0.2, -0.15) is 0 Å². The van der Waals surface area contributed by atoms with Gasteiger partial charge in [-0.25, -0.2) is 13.6 Å². The Morgan fingerprint density at radius 1 is 1.03 bits per heavy atom. The first-order chi connectivity index (χ1) is 18.6. The molecule has 0 aromatic heterocycles. The third-order valence-electron chi connectivity index (χ3n) is 7.66. The molecule has 212 valence electrons. The van der Waals surface area contributed by atoms with Crippen LogP contribution < -0.4 is 14.6 Å². The third-order valence-corrected chi connectivity index (χ3v) is 8.57. The second-order valence-electron chi connectivity index (χ2n) is 10.3. The Morgan fingerprint density at radius 2 is 1.77 bits per heavy atom. The van der Waals surface area contributed by atoms with Crippen LogP contribution >= 0.6 is 0 Å². The first-order valence-electron chi connectivity index (χ1n) is 13.2. The van der Waals surface area contributed by atoms with E-state index in [4.69, 9.17) is 19.3 Å². The highest BCUT2D eigenvalue weighted by Gasteiger charge is 2.37. The van der Waals surface area contributed by atoms with Gasteiger partial charge >= 0.3 is 0 Å². The number of nitrogens with zero attached hydrogens (tertiary/aromatic N) is 2. The highest BCUT2D eigenvalue weighted by atomic mass is 32.2. The van der Waals surface area contributed by atoms with Crippen LogP contribution in [0.15, 0.2) is 47.4 Å². The molecule has 2 amide bonds. The number of likely N-dealkylation sites (tertiary alicyclic amines) is 1. The molecule has 2 heterocycles. The number of rotatable bonds is 3. The third kappa shape index (κ3) is 6.90. The molecule has 10 nitrogen and oxygen atoms in total. The monoisotopic (exact) mass is 559 g/mol. The Balaban J connectivity index is 1.53. The SMILES string of the molecule is COc1ccc(S(N)(=O)=O)cc1C(=O)N1CCC2(CCCCOCCN(C)C(=O)c3ccccc3OC2)CC1. The number of piperidine rings is 1. The van der Waals surface area contributed by atoms with Crippen molar-refractivity contribution < 1.29 is 32.2 Å². The van der Waals surface area contributed by atoms with Crippen LogP contribution in [0.2, 0.25) is 0 Å². The first kappa shape index (κ1) is 28.8. The van der Waals surface area contributed by atoms with E-state index < -0.39 is 10.0 Å². The maximum Gasteiger partial charge on any atom is 0.257 e. The van der Waals surface area contributed by atoms with Gasteiger partial charge in [0.1, 0.15) is 11.5 Å². The van der Waals surface area contributed by atoms with Crippen LogP contribution in [-0.4, -0.2) is 83.6 Å². The van der Waals surface area contributed by atoms with Crippen molar-refractivity contribution in [2.75, 3.05) is 53.6 Å². The number of likely N-dealkylation sites (N-methyl/N-ethyl adjacent to an activating group) is 1. The highest BCUT2D eigenvalue weighted by molar-refractivity contribution is 7.89. The van der Waals surface area contributed by atoms with E-state index in [1.165, 1.54) is 25.3 Å². The molecule has 0 saturated carbocycles. The Hall–Kier alpha value is -3.15. The van der Waals surface area contributed by atoms with Crippen molar-refractivity contribution in [2.24, 2.45) is 10.6 Å². The largest absolute Gasteiger partial charge is 0.496 e. The summed E-state index contributed by atoms with van der Waals surface area (Å²) in [5.74, 6) is 0.424. The van der Waals surface area contributed by atoms with Crippen LogP contribution in [0.25, 0.3) is 0 Å². The van der Waals surface area contributed by atoms with Gasteiger partial charge in [0, 0.05) is 38.7 Å². The normalized spacial score (nSPS) is 19.1. The molecule has 0 bridgehead atoms. The molecule has 0 radical (unpaired) electrons. The molecule has 39 heavy (non-hydrogen) atoms. The van der Waals surface area contributed by atoms with Gasteiger partial charge in [-0.1, -0.05) is 18.6 Å². The number of primary sulfonamides is 1. The minimum Gasteiger partial charge on any atom is -0.496 e. The smallest absolute Gasteiger partial charge is 0.257 e. The summed E-state index contributed by atoms with van der Waals surface area (Å²) in [6, 6.07) is 11.3. The lowest BCUT2D eigenvalue weighted by atomic mass is 9.75. The van der Waals surface area contributed by atoms with Crippen molar-refractivity contribution in [2.45, 2.75) is 37.0 Å². The van der Waals surface area contributed by atoms with E-state index in [0.717, 1.165) is 19.3 Å². The summed E-state index contributed by atoms with van der Waals surface area (Å²) < 4.78 is 41.2. The van der Waals surface area contributed by atoms with Crippen molar-refractivity contribution in [1.29, 1.82) is 0 Å². The van der Waals surface area contributed by atoms with Gasteiger partial charge in [0.25, 0.3) is 11.8 Å². The van der Waals surface area contributed by atoms with Gasteiger partial charge in [-0.15, -0.1) is 0 Å². The summed E-state index contributed by atoms with van der Waals surface area (Å²) in [5, 5.41) is 5.29. The van der Waals surface area contributed by atoms with Gasteiger partial charge in [0.2, 0.25) is 10.0 Å². The van der Waals surface area contributed by atoms with Crippen molar-refractivity contribution in [1.82, 2.24) is 9.80 Å². The molecule has 2 aliphatic rings. The molecule has 11 heteroatoms. The summed E-state index contributed by atoms with van der Waals surface area (Å²) in [4.78, 5) is 29.7. The van der Waals surface area contributed by atoms with E-state index in [1.807, 2.05) is 18.2 Å². The average Bonchev–Trinajstić information content (AvgIpc) is 2.94. The summed E-state index contributed by atoms with van der Waals surface area (Å²) >= 11 is 0. The van der Waals surface area contributed by atoms with Crippen molar-refractivity contribution in [3.8, 4) is 11.5 Å². The molecule has 2 aromatic carbocycles. The number of nitrogens with two attached hydrogens (primary N) is 1. The van der Waals surface area contributed by atoms with E-state index >= 15 is 0 Å². The number of sulfonamides is 1. The standard InChI is InChI=1S/C28H37N3O7S/c1-30-16-18-37-17-6-5-11-28(20-38-25-8-4-3-7-22(25)26(30)32)12-14-31(15-13-28)27(33)23-19-21(39(29,34)35)9-10-24(23)36-2/h3-4,7-10,19H,5-6,11-18,20H2,1-2H3,(H2,29,34,35). The van der Waals surface area contributed by atoms with E-state index in [2.05, 4.69) is 0 Å². The zero-order chi connectivity index (χ0) is 28.0. The molecular formula is C28H37N3O7S. The predicted octanol–water partition coefficient (Wildman–Crippen LogP) is 2.92. The number of carbonyl (C=O) groups is 2. The quantitative estimate of drug-likeness (QED) is 0.612. The Bertz CT molecular complexity index is 1290. The molecule has 0 aliphatic carbocycles. The minimum absolute atomic E-state index is 0.114. The topological polar surface area (TPSA) is 128 Å². The Morgan fingerprint density at radius 3 is 2.49 bits per heavy atom. The number of fused-ring (bicyclic) bond motifs is 1. The Kier molecular flexibility index (Phi) is 9.14. The number of methoxy groups -OCH3 is 1. The number of para-hydroxylation sites is 1. The second kappa shape index (κ2) is 12.4. The van der Waals surface area contributed by atoms with Gasteiger partial charge in [0.15, 0.2) is 0 Å². The van der Waals surface area contributed by atoms with Crippen LogP contribution in [0.4, 0.5) is 0 Å². The van der Waals surface area contributed by atoms with Gasteiger partial charge in [-0.3, -0.25) is 9.59 Å². The number of carbonyl (C=O) groups excluding carboxylic acids is 2. The molecule has 4 rings (SSSR count). The van der Waals surface area contributed by atoms with Crippen LogP contribution in [0, 0.1) is 5.41 Å². The van der Waals surface area contributed by atoms with Crippen LogP contribution in [0.1, 0.15) is 52.8 Å². The molecule has 2 aliphatic heterocycles. The van der Waals surface area contributed by atoms with Crippen molar-refractivity contribution in [3.63, 3.8) is 0 Å². The van der Waals surface area contributed by atoms with Crippen LogP contribution in [0.5, 0.6) is 11.5 Å². The molecule has 2 N–H and O–H groups in total. The fraction of sp³-hybridized carbons (Fsp3) is 0.500. The van der Waals surface area contributed by atoms with Gasteiger partial charge in [-0.05, 0) is 56.0 Å². The lowest BCUT2D eigenvalue weighted by Crippen LogP contribution is -2.45. The number of ether oxygens (including phenoxy) is 3. The molecule has 0 unspecified atom stereocenters. The molecule has 0 atom stereocenters. The predicted molar refractivity (Wildman–Crippen MR) is 146 cm³/mol. The first-order valence-corrected chi connectivity index (χ1v) is 14.7. The lowest BCUT2D eigenvalue weighted by molar-refractivity contribution is 0.0327.